The second-order valence-corrected chi connectivity index (χ2v) is 6.25. The SMILES string of the molecule is CCCN(C=O)C1CCCc2c(-c3cc(F)c(F)cc3F)cncc21. The molecule has 6 heteroatoms. The molecule has 25 heavy (non-hydrogen) atoms. The Kier molecular flexibility index (Phi) is 5.06. The van der Waals surface area contributed by atoms with Gasteiger partial charge in [-0.05, 0) is 42.9 Å². The van der Waals surface area contributed by atoms with Crippen LogP contribution in [0, 0.1) is 17.5 Å². The fourth-order valence-corrected chi connectivity index (χ4v) is 3.54. The Hall–Kier alpha value is -2.37. The van der Waals surface area contributed by atoms with Crippen LogP contribution >= 0.6 is 0 Å². The first kappa shape index (κ1) is 17.5. The molecule has 1 amide bonds. The van der Waals surface area contributed by atoms with E-state index in [1.807, 2.05) is 6.92 Å². The first-order valence-corrected chi connectivity index (χ1v) is 8.39. The number of hydrogen-bond donors (Lipinski definition) is 0. The number of aromatic nitrogens is 1. The Morgan fingerprint density at radius 3 is 2.64 bits per heavy atom. The summed E-state index contributed by atoms with van der Waals surface area (Å²) in [4.78, 5) is 17.3. The summed E-state index contributed by atoms with van der Waals surface area (Å²) < 4.78 is 41.1. The third-order valence-electron chi connectivity index (χ3n) is 4.67. The van der Waals surface area contributed by atoms with Gasteiger partial charge in [-0.3, -0.25) is 9.78 Å². The first-order chi connectivity index (χ1) is 12.1. The summed E-state index contributed by atoms with van der Waals surface area (Å²) in [7, 11) is 0. The minimum atomic E-state index is -1.22. The van der Waals surface area contributed by atoms with E-state index in [0.29, 0.717) is 24.6 Å². The molecule has 0 saturated heterocycles. The number of benzene rings is 1. The Balaban J connectivity index is 2.11. The largest absolute Gasteiger partial charge is 0.338 e. The van der Waals surface area contributed by atoms with E-state index in [1.165, 1.54) is 6.20 Å². The molecule has 0 saturated carbocycles. The van der Waals surface area contributed by atoms with E-state index >= 15 is 0 Å². The van der Waals surface area contributed by atoms with E-state index in [0.717, 1.165) is 42.9 Å². The molecule has 0 radical (unpaired) electrons. The van der Waals surface area contributed by atoms with Crippen molar-refractivity contribution in [2.75, 3.05) is 6.54 Å². The average molecular weight is 348 g/mol. The van der Waals surface area contributed by atoms with Gasteiger partial charge in [0.2, 0.25) is 6.41 Å². The van der Waals surface area contributed by atoms with Crippen LogP contribution < -0.4 is 0 Å². The fourth-order valence-electron chi connectivity index (χ4n) is 3.54. The van der Waals surface area contributed by atoms with Crippen molar-refractivity contribution in [2.24, 2.45) is 0 Å². The third kappa shape index (κ3) is 3.25. The minimum Gasteiger partial charge on any atom is -0.338 e. The molecule has 132 valence electrons. The van der Waals surface area contributed by atoms with Gasteiger partial charge in [-0.25, -0.2) is 13.2 Å². The molecule has 0 aliphatic heterocycles. The van der Waals surface area contributed by atoms with Crippen molar-refractivity contribution < 1.29 is 18.0 Å². The van der Waals surface area contributed by atoms with Crippen molar-refractivity contribution in [3.63, 3.8) is 0 Å². The van der Waals surface area contributed by atoms with Crippen LogP contribution in [0.25, 0.3) is 11.1 Å². The predicted octanol–water partition coefficient (Wildman–Crippen LogP) is 4.41. The van der Waals surface area contributed by atoms with E-state index in [4.69, 9.17) is 0 Å². The lowest BCUT2D eigenvalue weighted by Crippen LogP contribution is -2.31. The molecule has 0 spiro atoms. The zero-order valence-corrected chi connectivity index (χ0v) is 13.9. The normalized spacial score (nSPS) is 16.4. The molecule has 0 fully saturated rings. The zero-order chi connectivity index (χ0) is 18.0. The van der Waals surface area contributed by atoms with Gasteiger partial charge in [0.05, 0.1) is 6.04 Å². The molecule has 0 N–H and O–H groups in total. The molecule has 0 bridgehead atoms. The van der Waals surface area contributed by atoms with Gasteiger partial charge >= 0.3 is 0 Å². The Bertz CT molecular complexity index is 794. The maximum atomic E-state index is 14.2. The van der Waals surface area contributed by atoms with Crippen molar-refractivity contribution in [1.29, 1.82) is 0 Å². The standard InChI is InChI=1S/C19H19F3N2O/c1-2-6-24(11-25)19-5-3-4-12-14(9-23-10-15(12)19)13-7-17(21)18(22)8-16(13)20/h7-11,19H,2-6H2,1H3. The van der Waals surface area contributed by atoms with Crippen LogP contribution in [0.2, 0.25) is 0 Å². The van der Waals surface area contributed by atoms with Crippen molar-refractivity contribution in [3.05, 3.63) is 53.1 Å². The topological polar surface area (TPSA) is 33.2 Å². The molecule has 3 rings (SSSR count). The van der Waals surface area contributed by atoms with Gasteiger partial charge in [-0.2, -0.15) is 0 Å². The molecule has 1 aromatic heterocycles. The highest BCUT2D eigenvalue weighted by Crippen LogP contribution is 2.39. The molecule has 3 nitrogen and oxygen atoms in total. The average Bonchev–Trinajstić information content (AvgIpc) is 2.62. The van der Waals surface area contributed by atoms with Crippen LogP contribution in [-0.4, -0.2) is 22.8 Å². The summed E-state index contributed by atoms with van der Waals surface area (Å²) in [6.07, 6.45) is 7.13. The molecule has 1 atom stereocenters. The number of carbonyl (C=O) groups is 1. The van der Waals surface area contributed by atoms with E-state index in [-0.39, 0.29) is 11.6 Å². The lowest BCUT2D eigenvalue weighted by Gasteiger charge is -2.34. The van der Waals surface area contributed by atoms with Crippen molar-refractivity contribution in [3.8, 4) is 11.1 Å². The van der Waals surface area contributed by atoms with Gasteiger partial charge in [0.25, 0.3) is 0 Å². The van der Waals surface area contributed by atoms with Crippen LogP contribution in [0.4, 0.5) is 13.2 Å². The quantitative estimate of drug-likeness (QED) is 0.592. The minimum absolute atomic E-state index is 0.00274. The Morgan fingerprint density at radius 2 is 1.92 bits per heavy atom. The molecule has 2 aromatic rings. The highest BCUT2D eigenvalue weighted by molar-refractivity contribution is 5.69. The van der Waals surface area contributed by atoms with Gasteiger partial charge in [0, 0.05) is 36.1 Å². The summed E-state index contributed by atoms with van der Waals surface area (Å²) in [5.41, 5.74) is 2.16. The Labute approximate surface area is 144 Å². The molecule has 1 aliphatic rings. The molecule has 1 heterocycles. The number of fused-ring (bicyclic) bond motifs is 1. The molecule has 1 aromatic carbocycles. The van der Waals surface area contributed by atoms with Crippen LogP contribution in [0.15, 0.2) is 24.5 Å². The molecule has 1 unspecified atom stereocenters. The van der Waals surface area contributed by atoms with Crippen LogP contribution in [0.5, 0.6) is 0 Å². The monoisotopic (exact) mass is 348 g/mol. The maximum absolute atomic E-state index is 14.2. The second-order valence-electron chi connectivity index (χ2n) is 6.25. The van der Waals surface area contributed by atoms with Crippen molar-refractivity contribution in [1.82, 2.24) is 9.88 Å². The van der Waals surface area contributed by atoms with Gasteiger partial charge in [-0.1, -0.05) is 6.92 Å². The zero-order valence-electron chi connectivity index (χ0n) is 13.9. The van der Waals surface area contributed by atoms with E-state index in [1.54, 1.807) is 11.1 Å². The van der Waals surface area contributed by atoms with Crippen molar-refractivity contribution >= 4 is 6.41 Å². The van der Waals surface area contributed by atoms with E-state index in [2.05, 4.69) is 4.98 Å². The van der Waals surface area contributed by atoms with Crippen molar-refractivity contribution in [2.45, 2.75) is 38.6 Å². The number of hydrogen-bond acceptors (Lipinski definition) is 2. The van der Waals surface area contributed by atoms with Crippen LogP contribution in [0.3, 0.4) is 0 Å². The molecule has 1 aliphatic carbocycles. The van der Waals surface area contributed by atoms with Crippen LogP contribution in [-0.2, 0) is 11.2 Å². The van der Waals surface area contributed by atoms with Gasteiger partial charge < -0.3 is 4.90 Å². The number of pyridine rings is 1. The number of halogens is 3. The smallest absolute Gasteiger partial charge is 0.210 e. The summed E-state index contributed by atoms with van der Waals surface area (Å²) in [6, 6.07) is 1.30. The lowest BCUT2D eigenvalue weighted by molar-refractivity contribution is -0.120. The van der Waals surface area contributed by atoms with Crippen LogP contribution in [0.1, 0.15) is 43.4 Å². The third-order valence-corrected chi connectivity index (χ3v) is 4.67. The molecular formula is C19H19F3N2O. The summed E-state index contributed by atoms with van der Waals surface area (Å²) in [5, 5.41) is 0. The van der Waals surface area contributed by atoms with Gasteiger partial charge in [-0.15, -0.1) is 0 Å². The fraction of sp³-hybridized carbons (Fsp3) is 0.368. The Morgan fingerprint density at radius 1 is 1.16 bits per heavy atom. The highest BCUT2D eigenvalue weighted by atomic mass is 19.2. The maximum Gasteiger partial charge on any atom is 0.210 e. The van der Waals surface area contributed by atoms with Gasteiger partial charge in [0.15, 0.2) is 11.6 Å². The number of nitrogens with zero attached hydrogens (tertiary/aromatic N) is 2. The van der Waals surface area contributed by atoms with E-state index < -0.39 is 17.5 Å². The summed E-state index contributed by atoms with van der Waals surface area (Å²) >= 11 is 0. The molecular weight excluding hydrogens is 329 g/mol. The number of amides is 1. The van der Waals surface area contributed by atoms with E-state index in [9.17, 15) is 18.0 Å². The second kappa shape index (κ2) is 7.25. The summed E-state index contributed by atoms with van der Waals surface area (Å²) in [5.74, 6) is -3.13. The number of rotatable bonds is 5. The first-order valence-electron chi connectivity index (χ1n) is 8.39. The number of carbonyl (C=O) groups excluding carboxylic acids is 1. The predicted molar refractivity (Wildman–Crippen MR) is 88.3 cm³/mol. The van der Waals surface area contributed by atoms with Gasteiger partial charge in [0.1, 0.15) is 5.82 Å². The highest BCUT2D eigenvalue weighted by Gasteiger charge is 2.28. The lowest BCUT2D eigenvalue weighted by atomic mass is 9.84. The summed E-state index contributed by atoms with van der Waals surface area (Å²) in [6.45, 7) is 2.61.